The SMILES string of the molecule is CCCNCC(C)COC(C(F)(F)F)C(F)(F)F. The monoisotopic (exact) mass is 281 g/mol. The molecule has 0 rings (SSSR count). The minimum atomic E-state index is -5.44. The lowest BCUT2D eigenvalue weighted by molar-refractivity contribution is -0.323. The molecule has 0 fully saturated rings. The molecule has 0 radical (unpaired) electrons. The topological polar surface area (TPSA) is 21.3 Å². The van der Waals surface area contributed by atoms with Crippen LogP contribution in [0.1, 0.15) is 20.3 Å². The van der Waals surface area contributed by atoms with E-state index in [1.165, 1.54) is 6.92 Å². The maximum atomic E-state index is 12.1. The Labute approximate surface area is 102 Å². The zero-order valence-electron chi connectivity index (χ0n) is 10.2. The van der Waals surface area contributed by atoms with E-state index in [1.54, 1.807) is 0 Å². The predicted octanol–water partition coefficient (Wildman–Crippen LogP) is 3.13. The van der Waals surface area contributed by atoms with E-state index in [0.29, 0.717) is 13.1 Å². The number of hydrogen-bond donors (Lipinski definition) is 1. The molecule has 0 aromatic rings. The van der Waals surface area contributed by atoms with Crippen molar-refractivity contribution in [2.45, 2.75) is 38.7 Å². The van der Waals surface area contributed by atoms with Crippen molar-refractivity contribution in [2.24, 2.45) is 5.92 Å². The molecule has 0 aliphatic rings. The quantitative estimate of drug-likeness (QED) is 0.572. The van der Waals surface area contributed by atoms with E-state index in [4.69, 9.17) is 0 Å². The molecule has 1 atom stereocenters. The summed E-state index contributed by atoms with van der Waals surface area (Å²) in [7, 11) is 0. The third-order valence-electron chi connectivity index (χ3n) is 2.06. The molecule has 1 unspecified atom stereocenters. The minimum Gasteiger partial charge on any atom is -0.361 e. The lowest BCUT2D eigenvalue weighted by Gasteiger charge is -2.24. The molecule has 0 aromatic carbocycles. The number of hydrogen-bond acceptors (Lipinski definition) is 2. The largest absolute Gasteiger partial charge is 0.423 e. The average Bonchev–Trinajstić information content (AvgIpc) is 2.13. The molecular weight excluding hydrogens is 264 g/mol. The van der Waals surface area contributed by atoms with Crippen LogP contribution in [0.2, 0.25) is 0 Å². The lowest BCUT2D eigenvalue weighted by atomic mass is 10.2. The van der Waals surface area contributed by atoms with Gasteiger partial charge in [-0.25, -0.2) is 0 Å². The van der Waals surface area contributed by atoms with E-state index < -0.39 is 31.0 Å². The summed E-state index contributed by atoms with van der Waals surface area (Å²) in [6.45, 7) is 3.80. The Morgan fingerprint density at radius 2 is 1.56 bits per heavy atom. The van der Waals surface area contributed by atoms with Crippen molar-refractivity contribution in [3.63, 3.8) is 0 Å². The van der Waals surface area contributed by atoms with Crippen molar-refractivity contribution in [2.75, 3.05) is 19.7 Å². The van der Waals surface area contributed by atoms with Gasteiger partial charge in [0.1, 0.15) is 0 Å². The number of alkyl halides is 6. The first-order valence-electron chi connectivity index (χ1n) is 5.54. The van der Waals surface area contributed by atoms with Gasteiger partial charge in [-0.2, -0.15) is 26.3 Å². The summed E-state index contributed by atoms with van der Waals surface area (Å²) in [5, 5.41) is 2.89. The molecule has 0 spiro atoms. The van der Waals surface area contributed by atoms with Crippen LogP contribution in [0.25, 0.3) is 0 Å². The Kier molecular flexibility index (Phi) is 6.98. The van der Waals surface area contributed by atoms with Crippen LogP contribution in [0.15, 0.2) is 0 Å². The minimum absolute atomic E-state index is 0.316. The smallest absolute Gasteiger partial charge is 0.361 e. The predicted molar refractivity (Wildman–Crippen MR) is 54.2 cm³/mol. The van der Waals surface area contributed by atoms with Crippen LogP contribution < -0.4 is 5.32 Å². The Morgan fingerprint density at radius 3 is 1.94 bits per heavy atom. The first-order valence-corrected chi connectivity index (χ1v) is 5.54. The van der Waals surface area contributed by atoms with Crippen LogP contribution in [-0.2, 0) is 4.74 Å². The van der Waals surface area contributed by atoms with Gasteiger partial charge in [-0.05, 0) is 25.4 Å². The van der Waals surface area contributed by atoms with E-state index in [0.717, 1.165) is 6.42 Å². The summed E-state index contributed by atoms with van der Waals surface area (Å²) < 4.78 is 76.6. The molecule has 0 bridgehead atoms. The summed E-state index contributed by atoms with van der Waals surface area (Å²) in [4.78, 5) is 0. The summed E-state index contributed by atoms with van der Waals surface area (Å²) in [5.74, 6) is -0.427. The van der Waals surface area contributed by atoms with Crippen LogP contribution in [0.3, 0.4) is 0 Å². The molecule has 0 saturated carbocycles. The van der Waals surface area contributed by atoms with Gasteiger partial charge in [-0.3, -0.25) is 0 Å². The lowest BCUT2D eigenvalue weighted by Crippen LogP contribution is -2.45. The Morgan fingerprint density at radius 1 is 1.06 bits per heavy atom. The first-order chi connectivity index (χ1) is 8.09. The summed E-state index contributed by atoms with van der Waals surface area (Å²) in [6, 6.07) is 0. The first kappa shape index (κ1) is 17.5. The molecule has 0 aliphatic carbocycles. The zero-order chi connectivity index (χ0) is 14.4. The third kappa shape index (κ3) is 7.05. The van der Waals surface area contributed by atoms with Crippen LogP contribution in [0.4, 0.5) is 26.3 Å². The van der Waals surface area contributed by atoms with Gasteiger partial charge in [0.15, 0.2) is 0 Å². The van der Waals surface area contributed by atoms with Gasteiger partial charge >= 0.3 is 12.4 Å². The summed E-state index contributed by atoms with van der Waals surface area (Å²) >= 11 is 0. The van der Waals surface area contributed by atoms with Crippen molar-refractivity contribution < 1.29 is 31.1 Å². The highest BCUT2D eigenvalue weighted by atomic mass is 19.4. The molecule has 110 valence electrons. The fraction of sp³-hybridized carbons (Fsp3) is 1.00. The number of ether oxygens (including phenoxy) is 1. The summed E-state index contributed by atoms with van der Waals surface area (Å²) in [6.07, 6.45) is -13.7. The standard InChI is InChI=1S/C10H17F6NO/c1-3-4-17-5-7(2)6-18-8(9(11,12)13)10(14,15)16/h7-8,17H,3-6H2,1-2H3. The van der Waals surface area contributed by atoms with Crippen LogP contribution in [0, 0.1) is 5.92 Å². The van der Waals surface area contributed by atoms with Crippen molar-refractivity contribution in [3.05, 3.63) is 0 Å². The van der Waals surface area contributed by atoms with Gasteiger partial charge in [-0.1, -0.05) is 13.8 Å². The highest BCUT2D eigenvalue weighted by Crippen LogP contribution is 2.35. The zero-order valence-corrected chi connectivity index (χ0v) is 10.2. The maximum Gasteiger partial charge on any atom is 0.423 e. The summed E-state index contributed by atoms with van der Waals surface area (Å²) in [5.41, 5.74) is 0. The molecule has 0 saturated heterocycles. The number of nitrogens with one attached hydrogen (secondary N) is 1. The van der Waals surface area contributed by atoms with Gasteiger partial charge in [0, 0.05) is 0 Å². The van der Waals surface area contributed by atoms with Gasteiger partial charge < -0.3 is 10.1 Å². The van der Waals surface area contributed by atoms with Crippen LogP contribution in [0.5, 0.6) is 0 Å². The van der Waals surface area contributed by atoms with E-state index in [-0.39, 0.29) is 0 Å². The third-order valence-corrected chi connectivity index (χ3v) is 2.06. The second-order valence-electron chi connectivity index (χ2n) is 4.11. The second kappa shape index (κ2) is 7.18. The molecule has 0 aliphatic heterocycles. The van der Waals surface area contributed by atoms with E-state index in [2.05, 4.69) is 10.1 Å². The molecule has 0 heterocycles. The molecule has 2 nitrogen and oxygen atoms in total. The molecule has 1 N–H and O–H groups in total. The maximum absolute atomic E-state index is 12.1. The van der Waals surface area contributed by atoms with Crippen LogP contribution >= 0.6 is 0 Å². The molecule has 18 heavy (non-hydrogen) atoms. The van der Waals surface area contributed by atoms with Crippen molar-refractivity contribution in [1.29, 1.82) is 0 Å². The molecule has 8 heteroatoms. The van der Waals surface area contributed by atoms with Crippen molar-refractivity contribution in [1.82, 2.24) is 5.32 Å². The van der Waals surface area contributed by atoms with E-state index in [9.17, 15) is 26.3 Å². The van der Waals surface area contributed by atoms with Gasteiger partial charge in [0.2, 0.25) is 6.10 Å². The average molecular weight is 281 g/mol. The van der Waals surface area contributed by atoms with E-state index in [1.807, 2.05) is 6.92 Å². The highest BCUT2D eigenvalue weighted by Gasteiger charge is 2.57. The van der Waals surface area contributed by atoms with Gasteiger partial charge in [-0.15, -0.1) is 0 Å². The molecular formula is C10H17F6NO. The molecule has 0 amide bonds. The highest BCUT2D eigenvalue weighted by molar-refractivity contribution is 4.76. The number of halogens is 6. The Bertz CT molecular complexity index is 213. The number of rotatable bonds is 7. The van der Waals surface area contributed by atoms with Crippen molar-refractivity contribution in [3.8, 4) is 0 Å². The molecule has 0 aromatic heterocycles. The second-order valence-corrected chi connectivity index (χ2v) is 4.11. The van der Waals surface area contributed by atoms with Crippen LogP contribution in [-0.4, -0.2) is 38.2 Å². The van der Waals surface area contributed by atoms with E-state index >= 15 is 0 Å². The fourth-order valence-corrected chi connectivity index (χ4v) is 1.22. The fourth-order valence-electron chi connectivity index (χ4n) is 1.22. The Balaban J connectivity index is 4.20. The van der Waals surface area contributed by atoms with Gasteiger partial charge in [0.05, 0.1) is 6.61 Å². The Hall–Kier alpha value is -0.500. The van der Waals surface area contributed by atoms with Crippen molar-refractivity contribution >= 4 is 0 Å². The van der Waals surface area contributed by atoms with Gasteiger partial charge in [0.25, 0.3) is 0 Å². The normalized spacial score (nSPS) is 15.2.